The van der Waals surface area contributed by atoms with Crippen LogP contribution < -0.4 is 20.7 Å². The first kappa shape index (κ1) is 34.4. The van der Waals surface area contributed by atoms with Crippen LogP contribution in [-0.2, 0) is 15.1 Å². The Morgan fingerprint density at radius 2 is 1.50 bits per heavy atom. The summed E-state index contributed by atoms with van der Waals surface area (Å²) in [6, 6.07) is 26.3. The van der Waals surface area contributed by atoms with E-state index >= 15 is 0 Å². The summed E-state index contributed by atoms with van der Waals surface area (Å²) in [6.07, 6.45) is 7.39. The number of aromatic amines is 1. The molecule has 5 rings (SSSR count). The lowest BCUT2D eigenvalue weighted by molar-refractivity contribution is -0.0944. The molecule has 9 heteroatoms. The monoisotopic (exact) mass is 628 g/mol. The van der Waals surface area contributed by atoms with E-state index in [-0.39, 0.29) is 13.0 Å². The molecule has 9 nitrogen and oxygen atoms in total. The van der Waals surface area contributed by atoms with Crippen molar-refractivity contribution in [3.63, 3.8) is 0 Å². The van der Waals surface area contributed by atoms with Crippen LogP contribution in [-0.4, -0.2) is 47.7 Å². The molecular formula is C37H44N2O7. The first-order chi connectivity index (χ1) is 22.4. The molecule has 3 aromatic carbocycles. The topological polar surface area (TPSA) is 112 Å². The highest BCUT2D eigenvalue weighted by Crippen LogP contribution is 2.42. The predicted octanol–water partition coefficient (Wildman–Crippen LogP) is 5.96. The Bertz CT molecular complexity index is 1580. The minimum Gasteiger partial charge on any atom is -0.497 e. The number of unbranched alkanes of at least 4 members (excludes halogenated alkanes) is 2. The Morgan fingerprint density at radius 1 is 0.913 bits per heavy atom. The second-order valence-corrected chi connectivity index (χ2v) is 11.0. The van der Waals surface area contributed by atoms with Gasteiger partial charge in [0.1, 0.15) is 29.4 Å². The quantitative estimate of drug-likeness (QED) is 0.113. The molecule has 4 aromatic rings. The summed E-state index contributed by atoms with van der Waals surface area (Å²) in [7, 11) is 3.23. The van der Waals surface area contributed by atoms with Gasteiger partial charge in [0.2, 0.25) is 0 Å². The number of benzene rings is 3. The fourth-order valence-electron chi connectivity index (χ4n) is 5.46. The lowest BCUT2D eigenvalue weighted by atomic mass is 9.80. The van der Waals surface area contributed by atoms with Crippen molar-refractivity contribution in [2.24, 2.45) is 0 Å². The molecule has 46 heavy (non-hydrogen) atoms. The van der Waals surface area contributed by atoms with E-state index in [2.05, 4.69) is 31.0 Å². The number of hydrogen-bond donors (Lipinski definition) is 2. The third-order valence-corrected chi connectivity index (χ3v) is 7.96. The average molecular weight is 629 g/mol. The zero-order chi connectivity index (χ0) is 32.9. The molecule has 1 aromatic heterocycles. The molecule has 0 saturated carbocycles. The van der Waals surface area contributed by atoms with Gasteiger partial charge < -0.3 is 24.1 Å². The lowest BCUT2D eigenvalue weighted by Gasteiger charge is -2.37. The fraction of sp³-hybridized carbons (Fsp3) is 0.351. The molecule has 0 spiro atoms. The number of nitrogens with one attached hydrogen (secondary N) is 1. The second kappa shape index (κ2) is 16.7. The van der Waals surface area contributed by atoms with Gasteiger partial charge in [-0.1, -0.05) is 86.5 Å². The third kappa shape index (κ3) is 8.23. The summed E-state index contributed by atoms with van der Waals surface area (Å²) in [6.45, 7) is 4.29. The van der Waals surface area contributed by atoms with E-state index in [9.17, 15) is 14.7 Å². The third-order valence-electron chi connectivity index (χ3n) is 7.96. The first-order valence-corrected chi connectivity index (χ1v) is 15.6. The number of nitrogens with zero attached hydrogens (tertiary/aromatic N) is 1. The molecule has 1 aliphatic rings. The van der Waals surface area contributed by atoms with Crippen LogP contribution in [0.4, 0.5) is 0 Å². The molecule has 244 valence electrons. The minimum absolute atomic E-state index is 0.0166. The predicted molar refractivity (Wildman–Crippen MR) is 178 cm³/mol. The van der Waals surface area contributed by atoms with Crippen molar-refractivity contribution in [1.29, 1.82) is 0 Å². The number of rotatable bonds is 12. The number of hydrogen-bond acceptors (Lipinski definition) is 7. The van der Waals surface area contributed by atoms with Crippen molar-refractivity contribution >= 4 is 0 Å². The van der Waals surface area contributed by atoms with Crippen LogP contribution in [0.15, 0.2) is 113 Å². The van der Waals surface area contributed by atoms with Crippen LogP contribution in [0.25, 0.3) is 0 Å². The van der Waals surface area contributed by atoms with Crippen LogP contribution in [0.5, 0.6) is 11.5 Å². The molecule has 1 saturated heterocycles. The van der Waals surface area contributed by atoms with Gasteiger partial charge in [-0.3, -0.25) is 14.3 Å². The molecule has 0 bridgehead atoms. The molecule has 0 radical (unpaired) electrons. The van der Waals surface area contributed by atoms with Crippen LogP contribution in [0.2, 0.25) is 0 Å². The van der Waals surface area contributed by atoms with Gasteiger partial charge in [0.05, 0.1) is 26.9 Å². The number of aliphatic hydroxyl groups excluding tert-OH is 1. The smallest absolute Gasteiger partial charge is 0.330 e. The average Bonchev–Trinajstić information content (AvgIpc) is 3.46. The van der Waals surface area contributed by atoms with E-state index in [1.165, 1.54) is 36.1 Å². The van der Waals surface area contributed by atoms with Crippen molar-refractivity contribution in [3.8, 4) is 11.5 Å². The van der Waals surface area contributed by atoms with Crippen LogP contribution >= 0.6 is 0 Å². The maximum atomic E-state index is 12.3. The largest absolute Gasteiger partial charge is 0.497 e. The highest BCUT2D eigenvalue weighted by molar-refractivity contribution is 5.49. The lowest BCUT2D eigenvalue weighted by Crippen LogP contribution is -2.38. The summed E-state index contributed by atoms with van der Waals surface area (Å²) in [5, 5.41) is 10.9. The summed E-state index contributed by atoms with van der Waals surface area (Å²) in [5.74, 6) is 1.42. The van der Waals surface area contributed by atoms with Crippen LogP contribution in [0, 0.1) is 0 Å². The fourth-order valence-corrected chi connectivity index (χ4v) is 5.46. The van der Waals surface area contributed by atoms with Gasteiger partial charge in [-0.15, -0.1) is 0 Å². The van der Waals surface area contributed by atoms with Gasteiger partial charge in [0.25, 0.3) is 5.56 Å². The standard InChI is InChI=1S/C30H30N2O7.C7H14/c1-36-23-12-8-21(9-13-23)30(20-6-4-3-5-7-20,22-10-14-24(37-2)15-11-22)38-19-26-25(33)18-28(39-26)32-17-16-27(34)31-29(32)35;1-3-5-7-6-4-2/h3-17,25-26,28,33H,18-19H2,1-2H3,(H,31,34,35);3,5H,4,6-7H2,1-2H3/t25-,26+,28+;/m0./s1. The molecule has 1 fully saturated rings. The van der Waals surface area contributed by atoms with Crippen molar-refractivity contribution in [3.05, 3.63) is 141 Å². The molecule has 3 atom stereocenters. The Morgan fingerprint density at radius 3 is 2.02 bits per heavy atom. The van der Waals surface area contributed by atoms with E-state index < -0.39 is 35.3 Å². The molecule has 0 unspecified atom stereocenters. The number of allylic oxidation sites excluding steroid dienone is 2. The van der Waals surface area contributed by atoms with Gasteiger partial charge >= 0.3 is 5.69 Å². The van der Waals surface area contributed by atoms with E-state index in [0.717, 1.165) is 16.7 Å². The maximum Gasteiger partial charge on any atom is 0.330 e. The van der Waals surface area contributed by atoms with E-state index in [1.54, 1.807) is 14.2 Å². The summed E-state index contributed by atoms with van der Waals surface area (Å²) in [4.78, 5) is 26.0. The molecule has 0 amide bonds. The number of H-pyrrole nitrogens is 1. The van der Waals surface area contributed by atoms with Crippen molar-refractivity contribution in [2.45, 2.75) is 63.6 Å². The minimum atomic E-state index is -1.07. The van der Waals surface area contributed by atoms with Crippen LogP contribution in [0.3, 0.4) is 0 Å². The summed E-state index contributed by atoms with van der Waals surface area (Å²) >= 11 is 0. The van der Waals surface area contributed by atoms with E-state index in [1.807, 2.05) is 78.9 Å². The van der Waals surface area contributed by atoms with Crippen LogP contribution in [0.1, 0.15) is 62.4 Å². The Balaban J connectivity index is 0.000000617. The van der Waals surface area contributed by atoms with Gasteiger partial charge in [0, 0.05) is 18.7 Å². The highest BCUT2D eigenvalue weighted by atomic mass is 16.6. The molecule has 0 aliphatic carbocycles. The highest BCUT2D eigenvalue weighted by Gasteiger charge is 2.42. The molecular weight excluding hydrogens is 584 g/mol. The zero-order valence-electron chi connectivity index (χ0n) is 26.9. The van der Waals surface area contributed by atoms with Gasteiger partial charge in [-0.25, -0.2) is 4.79 Å². The Hall–Kier alpha value is -4.44. The zero-order valence-corrected chi connectivity index (χ0v) is 26.9. The SMILES string of the molecule is CC=CCCCC.COc1ccc(C(OC[C@H]2O[C@@H](n3ccc(=O)[nH]c3=O)C[C@@H]2O)(c2ccccc2)c2ccc(OC)cc2)cc1. The Labute approximate surface area is 270 Å². The number of aliphatic hydroxyl groups is 1. The number of methoxy groups -OCH3 is 2. The van der Waals surface area contributed by atoms with E-state index in [4.69, 9.17) is 18.9 Å². The molecule has 1 aliphatic heterocycles. The van der Waals surface area contributed by atoms with Gasteiger partial charge in [-0.2, -0.15) is 0 Å². The molecule has 2 heterocycles. The van der Waals surface area contributed by atoms with Crippen molar-refractivity contribution in [2.75, 3.05) is 20.8 Å². The Kier molecular flexibility index (Phi) is 12.5. The summed E-state index contributed by atoms with van der Waals surface area (Å²) in [5.41, 5.74) is 0.399. The normalized spacial score (nSPS) is 17.8. The molecule has 2 N–H and O–H groups in total. The van der Waals surface area contributed by atoms with Gasteiger partial charge in [-0.05, 0) is 54.3 Å². The van der Waals surface area contributed by atoms with E-state index in [0.29, 0.717) is 11.5 Å². The van der Waals surface area contributed by atoms with Crippen molar-refractivity contribution in [1.82, 2.24) is 9.55 Å². The van der Waals surface area contributed by atoms with Crippen molar-refractivity contribution < 1.29 is 24.1 Å². The number of ether oxygens (including phenoxy) is 4. The number of aromatic nitrogens is 2. The summed E-state index contributed by atoms with van der Waals surface area (Å²) < 4.78 is 24.9. The maximum absolute atomic E-state index is 12.3. The van der Waals surface area contributed by atoms with Gasteiger partial charge in [0.15, 0.2) is 0 Å². The second-order valence-electron chi connectivity index (χ2n) is 11.0. The first-order valence-electron chi connectivity index (χ1n) is 15.6.